The van der Waals surface area contributed by atoms with E-state index >= 15 is 0 Å². The number of ether oxygens (including phenoxy) is 6. The number of carbonyl (C=O) groups excluding carboxylic acids is 1. The van der Waals surface area contributed by atoms with Crippen LogP contribution in [0.4, 0.5) is 0 Å². The van der Waals surface area contributed by atoms with Gasteiger partial charge in [-0.3, -0.25) is 4.79 Å². The summed E-state index contributed by atoms with van der Waals surface area (Å²) >= 11 is 0. The van der Waals surface area contributed by atoms with Gasteiger partial charge in [-0.1, -0.05) is 336 Å². The Balaban J connectivity index is 1.36. The lowest BCUT2D eigenvalue weighted by Crippen LogP contribution is -2.66. The van der Waals surface area contributed by atoms with Crippen molar-refractivity contribution in [3.8, 4) is 0 Å². The molecule has 17 unspecified atom stereocenters. The quantitative estimate of drug-likeness (QED) is 0.0199. The molecule has 0 aromatic carbocycles. The summed E-state index contributed by atoms with van der Waals surface area (Å²) in [6, 6.07) is -0.989. The lowest BCUT2D eigenvalue weighted by Gasteiger charge is -2.48. The average molecular weight is 1520 g/mol. The number of rotatable bonds is 68. The number of aliphatic hydroxyl groups excluding tert-OH is 11. The van der Waals surface area contributed by atoms with Crippen molar-refractivity contribution >= 4 is 5.91 Å². The lowest BCUT2D eigenvalue weighted by atomic mass is 9.96. The molecule has 3 rings (SSSR count). The van der Waals surface area contributed by atoms with Crippen LogP contribution in [0, 0.1) is 0 Å². The van der Waals surface area contributed by atoms with Gasteiger partial charge < -0.3 is 89.9 Å². The largest absolute Gasteiger partial charge is 0.394 e. The summed E-state index contributed by atoms with van der Waals surface area (Å²) in [7, 11) is 0. The van der Waals surface area contributed by atoms with Crippen molar-refractivity contribution in [1.82, 2.24) is 5.32 Å². The van der Waals surface area contributed by atoms with Crippen molar-refractivity contribution in [1.29, 1.82) is 0 Å². The summed E-state index contributed by atoms with van der Waals surface area (Å²) in [5.41, 5.74) is 0. The van der Waals surface area contributed by atoms with Crippen LogP contribution in [0.15, 0.2) is 97.2 Å². The zero-order valence-electron chi connectivity index (χ0n) is 66.6. The predicted molar refractivity (Wildman–Crippen MR) is 429 cm³/mol. The van der Waals surface area contributed by atoms with Crippen molar-refractivity contribution in [2.75, 3.05) is 26.4 Å². The first-order valence-corrected chi connectivity index (χ1v) is 43.0. The van der Waals surface area contributed by atoms with Gasteiger partial charge in [0.2, 0.25) is 5.91 Å². The Hall–Kier alpha value is -3.29. The van der Waals surface area contributed by atoms with E-state index in [2.05, 4.69) is 104 Å². The van der Waals surface area contributed by atoms with Crippen LogP contribution in [0.1, 0.15) is 322 Å². The molecular formula is C88H155NO18. The molecule has 3 aliphatic rings. The molecule has 0 aliphatic carbocycles. The zero-order chi connectivity index (χ0) is 77.4. The number of aliphatic hydroxyl groups is 11. The molecule has 3 saturated heterocycles. The highest BCUT2D eigenvalue weighted by atomic mass is 16.8. The molecule has 107 heavy (non-hydrogen) atoms. The van der Waals surface area contributed by atoms with Gasteiger partial charge in [0.05, 0.1) is 38.6 Å². The van der Waals surface area contributed by atoms with E-state index in [-0.39, 0.29) is 18.9 Å². The molecule has 3 aliphatic heterocycles. The average Bonchev–Trinajstić information content (AvgIpc) is 0.781. The highest BCUT2D eigenvalue weighted by molar-refractivity contribution is 5.76. The monoisotopic (exact) mass is 1510 g/mol. The van der Waals surface area contributed by atoms with E-state index in [4.69, 9.17) is 28.4 Å². The SMILES string of the molecule is CC/C=C\C/C=C\C/C=C\C/C=C\C/C=C\C/C=C\C/C=C\CCCCCCCCCC(=O)NC(COC1OC(CO)C(OC2OC(CO)C(OC3OC(CO)C(O)C(O)C3O)C(O)C2O)C(O)C1O)C(O)/C=C/CCCCCCCCCCCCCCCCCCCCCCCCCCCCCCCCC. The van der Waals surface area contributed by atoms with Gasteiger partial charge in [0.1, 0.15) is 73.2 Å². The molecule has 0 aromatic rings. The number of unbranched alkanes of at least 4 members (excludes halogenated alkanes) is 38. The molecule has 1 amide bonds. The second-order valence-electron chi connectivity index (χ2n) is 30.3. The van der Waals surface area contributed by atoms with Crippen LogP contribution in [-0.4, -0.2) is 193 Å². The molecule has 19 nitrogen and oxygen atoms in total. The fourth-order valence-corrected chi connectivity index (χ4v) is 14.1. The Labute approximate surface area is 647 Å². The number of nitrogens with one attached hydrogen (secondary N) is 1. The van der Waals surface area contributed by atoms with E-state index in [9.17, 15) is 61.0 Å². The fraction of sp³-hybridized carbons (Fsp3) is 0.807. The van der Waals surface area contributed by atoms with Crippen molar-refractivity contribution in [3.63, 3.8) is 0 Å². The van der Waals surface area contributed by atoms with Gasteiger partial charge in [-0.05, 0) is 77.0 Å². The number of hydrogen-bond donors (Lipinski definition) is 12. The minimum absolute atomic E-state index is 0.225. The van der Waals surface area contributed by atoms with E-state index in [0.29, 0.717) is 6.42 Å². The predicted octanol–water partition coefficient (Wildman–Crippen LogP) is 15.5. The first-order chi connectivity index (χ1) is 52.3. The smallest absolute Gasteiger partial charge is 0.220 e. The van der Waals surface area contributed by atoms with Crippen LogP contribution < -0.4 is 5.32 Å². The van der Waals surface area contributed by atoms with Crippen LogP contribution in [0.5, 0.6) is 0 Å². The van der Waals surface area contributed by atoms with Crippen LogP contribution >= 0.6 is 0 Å². The number of amides is 1. The van der Waals surface area contributed by atoms with Gasteiger partial charge in [0.15, 0.2) is 18.9 Å². The lowest BCUT2D eigenvalue weighted by molar-refractivity contribution is -0.379. The highest BCUT2D eigenvalue weighted by Gasteiger charge is 2.54. The van der Waals surface area contributed by atoms with E-state index in [1.807, 2.05) is 6.08 Å². The number of carbonyl (C=O) groups is 1. The molecule has 17 atom stereocenters. The minimum Gasteiger partial charge on any atom is -0.394 e. The van der Waals surface area contributed by atoms with E-state index < -0.39 is 124 Å². The second-order valence-corrected chi connectivity index (χ2v) is 30.3. The first kappa shape index (κ1) is 97.9. The van der Waals surface area contributed by atoms with Crippen molar-refractivity contribution in [3.05, 3.63) is 97.2 Å². The van der Waals surface area contributed by atoms with Crippen molar-refractivity contribution in [2.45, 2.75) is 426 Å². The molecule has 0 aromatic heterocycles. The number of hydrogen-bond acceptors (Lipinski definition) is 18. The Morgan fingerprint density at radius 3 is 1.01 bits per heavy atom. The Morgan fingerprint density at radius 2 is 0.645 bits per heavy atom. The van der Waals surface area contributed by atoms with Gasteiger partial charge in [-0.2, -0.15) is 0 Å². The van der Waals surface area contributed by atoms with Crippen molar-refractivity contribution in [2.24, 2.45) is 0 Å². The van der Waals surface area contributed by atoms with Gasteiger partial charge in [-0.25, -0.2) is 0 Å². The fourth-order valence-electron chi connectivity index (χ4n) is 14.1. The molecule has 12 N–H and O–H groups in total. The molecule has 0 spiro atoms. The summed E-state index contributed by atoms with van der Waals surface area (Å²) in [5.74, 6) is -0.287. The summed E-state index contributed by atoms with van der Waals surface area (Å²) in [6.45, 7) is 1.65. The van der Waals surface area contributed by atoms with E-state index in [0.717, 1.165) is 116 Å². The summed E-state index contributed by atoms with van der Waals surface area (Å²) < 4.78 is 34.5. The number of allylic oxidation sites excluding steroid dienone is 15. The topological polar surface area (TPSA) is 307 Å². The Kier molecular flexibility index (Phi) is 61.5. The van der Waals surface area contributed by atoms with Gasteiger partial charge >= 0.3 is 0 Å². The van der Waals surface area contributed by atoms with Gasteiger partial charge in [0.25, 0.3) is 0 Å². The molecule has 19 heteroatoms. The summed E-state index contributed by atoms with van der Waals surface area (Å²) in [5, 5.41) is 121. The molecule has 0 saturated carbocycles. The van der Waals surface area contributed by atoms with Crippen LogP contribution in [-0.2, 0) is 33.2 Å². The summed E-state index contributed by atoms with van der Waals surface area (Å²) in [4.78, 5) is 13.5. The first-order valence-electron chi connectivity index (χ1n) is 43.0. The molecule has 0 bridgehead atoms. The highest BCUT2D eigenvalue weighted by Crippen LogP contribution is 2.33. The van der Waals surface area contributed by atoms with Gasteiger partial charge in [-0.15, -0.1) is 0 Å². The maximum absolute atomic E-state index is 13.5. The van der Waals surface area contributed by atoms with E-state index in [1.54, 1.807) is 6.08 Å². The second kappa shape index (κ2) is 67.2. The third kappa shape index (κ3) is 46.5. The minimum atomic E-state index is -1.99. The van der Waals surface area contributed by atoms with Crippen LogP contribution in [0.2, 0.25) is 0 Å². The standard InChI is InChI=1S/C88H155NO18/c1-3-5-7-9-11-13-15-17-19-21-23-25-27-29-31-33-34-35-36-38-39-41-43-45-47-49-51-53-55-57-59-61-63-65-72(93)71(89-76(94)66-64-62-60-58-56-54-52-50-48-46-44-42-40-37-32-30-28-26-24-22-20-18-16-14-12-10-8-6-4-2)70-102-86-82(100)79(97)84(74(68-91)104-86)107-88-83(101)80(98)85(75(69-92)105-88)106-87-81(99)78(96)77(95)73(67-90)103-87/h6,8,12,14,18,20,24,26,30,32,40,42,46,48,63,65,71-75,77-88,90-93,95-101H,3-5,7,9-11,13,15-17,19,21-23,25,27-29,31,33-39,41,43-45,47,49-62,64,66-70H2,1-2H3,(H,89,94)/b8-6-,14-12-,20-18-,26-24-,32-30-,42-40-,48-46-,65-63+. The maximum Gasteiger partial charge on any atom is 0.220 e. The van der Waals surface area contributed by atoms with Crippen molar-refractivity contribution < 1.29 is 89.4 Å². The zero-order valence-corrected chi connectivity index (χ0v) is 66.6. The van der Waals surface area contributed by atoms with Gasteiger partial charge in [0, 0.05) is 6.42 Å². The van der Waals surface area contributed by atoms with Crippen LogP contribution in [0.3, 0.4) is 0 Å². The van der Waals surface area contributed by atoms with E-state index in [1.165, 1.54) is 180 Å². The molecular weight excluding hydrogens is 1360 g/mol. The van der Waals surface area contributed by atoms with Crippen LogP contribution in [0.25, 0.3) is 0 Å². The molecule has 3 fully saturated rings. The third-order valence-corrected chi connectivity index (χ3v) is 20.9. The Morgan fingerprint density at radius 1 is 0.346 bits per heavy atom. The molecule has 3 heterocycles. The summed E-state index contributed by atoms with van der Waals surface area (Å²) in [6.07, 6.45) is 65.4. The Bertz CT molecular complexity index is 2310. The normalized spacial score (nSPS) is 26.0. The maximum atomic E-state index is 13.5. The molecule has 0 radical (unpaired) electrons. The third-order valence-electron chi connectivity index (χ3n) is 20.9. The molecule has 620 valence electrons.